The summed E-state index contributed by atoms with van der Waals surface area (Å²) in [5.41, 5.74) is 6.44. The molecule has 1 unspecified atom stereocenters. The molecule has 5 rings (SSSR count). The fourth-order valence-corrected chi connectivity index (χ4v) is 6.36. The first-order chi connectivity index (χ1) is 20.7. The molecule has 1 aliphatic carbocycles. The molecular weight excluding hydrogens is 600 g/mol. The van der Waals surface area contributed by atoms with E-state index in [0.717, 1.165) is 36.2 Å². The summed E-state index contributed by atoms with van der Waals surface area (Å²) in [7, 11) is 0. The molecule has 3 aliphatic rings. The minimum Gasteiger partial charge on any atom is -0.434 e. The van der Waals surface area contributed by atoms with Gasteiger partial charge in [0.1, 0.15) is 22.8 Å². The summed E-state index contributed by atoms with van der Waals surface area (Å²) < 4.78 is 15.6. The SMILES string of the molecule is CC(OC(=O)OCC1CCC1)OC(=O)C1=C(/C=C\c2cccnc2)CS[C@@H]2[C@H](NC(=O)/C(=N\O)c3csc(N)n3)C(=O)N12. The Kier molecular flexibility index (Phi) is 9.25. The van der Waals surface area contributed by atoms with Crippen LogP contribution in [0.2, 0.25) is 0 Å². The minimum atomic E-state index is -1.30. The van der Waals surface area contributed by atoms with E-state index in [1.807, 2.05) is 6.07 Å². The van der Waals surface area contributed by atoms with E-state index in [0.29, 0.717) is 11.5 Å². The van der Waals surface area contributed by atoms with Crippen LogP contribution >= 0.6 is 23.1 Å². The first-order valence-corrected chi connectivity index (χ1v) is 15.2. The standard InChI is InChI=1S/C27H28N6O8S2/c1-14(41-27(37)39-11-16-4-2-5-16)40-25(36)21-17(8-7-15-6-3-9-29-10-15)12-42-24-20(23(35)33(21)24)31-22(34)19(32-38)18-13-43-26(28)30-18/h3,6-10,13-14,16,20,24,38H,2,4-5,11-12H2,1H3,(H2,28,30)(H,31,34)/b8-7-,32-19-/t14?,20-,24-/m1/s1. The molecule has 0 radical (unpaired) electrons. The van der Waals surface area contributed by atoms with E-state index in [4.69, 9.17) is 19.9 Å². The molecule has 2 amide bonds. The predicted molar refractivity (Wildman–Crippen MR) is 155 cm³/mol. The monoisotopic (exact) mass is 628 g/mol. The second-order valence-corrected chi connectivity index (χ2v) is 11.8. The van der Waals surface area contributed by atoms with Gasteiger partial charge in [0.2, 0.25) is 6.29 Å². The van der Waals surface area contributed by atoms with Crippen molar-refractivity contribution >= 4 is 64.0 Å². The number of oxime groups is 1. The molecule has 226 valence electrons. The van der Waals surface area contributed by atoms with Crippen LogP contribution in [0, 0.1) is 5.92 Å². The number of hydrogen-bond donors (Lipinski definition) is 3. The van der Waals surface area contributed by atoms with Crippen molar-refractivity contribution in [3.63, 3.8) is 0 Å². The summed E-state index contributed by atoms with van der Waals surface area (Å²) >= 11 is 2.37. The van der Waals surface area contributed by atoms with Gasteiger partial charge in [0.05, 0.1) is 6.61 Å². The molecule has 16 heteroatoms. The number of nitrogen functional groups attached to an aromatic ring is 1. The molecule has 3 atom stereocenters. The Labute approximate surface area is 254 Å². The summed E-state index contributed by atoms with van der Waals surface area (Å²) in [5, 5.41) is 15.9. The quantitative estimate of drug-likeness (QED) is 0.0870. The number of fused-ring (bicyclic) bond motifs is 1. The molecule has 0 aromatic carbocycles. The van der Waals surface area contributed by atoms with Crippen LogP contribution in [0.15, 0.2) is 52.4 Å². The van der Waals surface area contributed by atoms with Gasteiger partial charge in [0, 0.05) is 30.5 Å². The molecule has 0 spiro atoms. The van der Waals surface area contributed by atoms with Gasteiger partial charge in [0.25, 0.3) is 11.8 Å². The topological polar surface area (TPSA) is 196 Å². The molecule has 1 saturated carbocycles. The minimum absolute atomic E-state index is 0.0506. The molecule has 2 aromatic heterocycles. The average Bonchev–Trinajstić information content (AvgIpc) is 3.39. The van der Waals surface area contributed by atoms with Crippen LogP contribution < -0.4 is 11.1 Å². The van der Waals surface area contributed by atoms with Gasteiger partial charge < -0.3 is 30.5 Å². The highest BCUT2D eigenvalue weighted by atomic mass is 32.2. The highest BCUT2D eigenvalue weighted by Gasteiger charge is 2.54. The Bertz CT molecular complexity index is 1490. The van der Waals surface area contributed by atoms with E-state index >= 15 is 0 Å². The number of carbonyl (C=O) groups is 4. The van der Waals surface area contributed by atoms with Gasteiger partial charge in [0.15, 0.2) is 10.8 Å². The summed E-state index contributed by atoms with van der Waals surface area (Å²) in [6.45, 7) is 1.60. The zero-order chi connectivity index (χ0) is 30.5. The number of hydrogen-bond acceptors (Lipinski definition) is 14. The van der Waals surface area contributed by atoms with Crippen LogP contribution in [0.4, 0.5) is 9.93 Å². The van der Waals surface area contributed by atoms with E-state index in [1.54, 1.807) is 30.6 Å². The fourth-order valence-electron chi connectivity index (χ4n) is 4.50. The lowest BCUT2D eigenvalue weighted by Crippen LogP contribution is -2.71. The van der Waals surface area contributed by atoms with Crippen LogP contribution in [0.3, 0.4) is 0 Å². The van der Waals surface area contributed by atoms with Crippen LogP contribution in [0.1, 0.15) is 37.4 Å². The van der Waals surface area contributed by atoms with E-state index < -0.39 is 47.4 Å². The number of carbonyl (C=O) groups excluding carboxylic acids is 4. The number of thioether (sulfide) groups is 1. The zero-order valence-electron chi connectivity index (χ0n) is 22.9. The van der Waals surface area contributed by atoms with Gasteiger partial charge in [-0.15, -0.1) is 23.1 Å². The van der Waals surface area contributed by atoms with Crippen molar-refractivity contribution in [2.75, 3.05) is 18.1 Å². The summed E-state index contributed by atoms with van der Waals surface area (Å²) in [6, 6.07) is 2.54. The maximum absolute atomic E-state index is 13.4. The highest BCUT2D eigenvalue weighted by Crippen LogP contribution is 2.41. The average molecular weight is 629 g/mol. The number of esters is 1. The lowest BCUT2D eigenvalue weighted by molar-refractivity contribution is -0.169. The Hall–Kier alpha value is -4.44. The first-order valence-electron chi connectivity index (χ1n) is 13.3. The Balaban J connectivity index is 1.31. The van der Waals surface area contributed by atoms with E-state index in [2.05, 4.69) is 20.4 Å². The van der Waals surface area contributed by atoms with Crippen molar-refractivity contribution in [1.82, 2.24) is 20.2 Å². The number of β-lactam (4-membered cyclic amide) rings is 1. The molecule has 2 aliphatic heterocycles. The second-order valence-electron chi connectivity index (χ2n) is 9.82. The summed E-state index contributed by atoms with van der Waals surface area (Å²) in [5.74, 6) is -1.74. The Morgan fingerprint density at radius 3 is 2.77 bits per heavy atom. The maximum atomic E-state index is 13.4. The third-order valence-corrected chi connectivity index (χ3v) is 8.89. The lowest BCUT2D eigenvalue weighted by Gasteiger charge is -2.49. The molecular formula is C27H28N6O8S2. The van der Waals surface area contributed by atoms with E-state index in [-0.39, 0.29) is 28.9 Å². The number of rotatable bonds is 10. The van der Waals surface area contributed by atoms with Crippen molar-refractivity contribution in [3.05, 3.63) is 58.5 Å². The molecule has 4 N–H and O–H groups in total. The second kappa shape index (κ2) is 13.2. The molecule has 0 bridgehead atoms. The van der Waals surface area contributed by atoms with Crippen LogP contribution in [0.25, 0.3) is 6.08 Å². The van der Waals surface area contributed by atoms with Gasteiger partial charge >= 0.3 is 12.1 Å². The number of allylic oxidation sites excluding steroid dienone is 1. The number of aromatic nitrogens is 2. The predicted octanol–water partition coefficient (Wildman–Crippen LogP) is 2.51. The number of anilines is 1. The molecule has 43 heavy (non-hydrogen) atoms. The van der Waals surface area contributed by atoms with Crippen molar-refractivity contribution in [2.45, 2.75) is 43.9 Å². The number of nitrogens with two attached hydrogens (primary N) is 1. The van der Waals surface area contributed by atoms with Gasteiger partial charge in [-0.1, -0.05) is 29.8 Å². The molecule has 4 heterocycles. The number of ether oxygens (including phenoxy) is 3. The number of amides is 2. The smallest absolute Gasteiger partial charge is 0.434 e. The normalized spacial score (nSPS) is 21.0. The third-order valence-electron chi connectivity index (χ3n) is 6.92. The van der Waals surface area contributed by atoms with Crippen LogP contribution in [-0.2, 0) is 28.6 Å². The van der Waals surface area contributed by atoms with Gasteiger partial charge in [-0.25, -0.2) is 14.6 Å². The van der Waals surface area contributed by atoms with Gasteiger partial charge in [-0.05, 0) is 36.0 Å². The van der Waals surface area contributed by atoms with Crippen molar-refractivity contribution in [2.24, 2.45) is 11.1 Å². The number of nitrogens with zero attached hydrogens (tertiary/aromatic N) is 4. The van der Waals surface area contributed by atoms with Crippen molar-refractivity contribution < 1.29 is 38.6 Å². The van der Waals surface area contributed by atoms with Crippen LogP contribution in [0.5, 0.6) is 0 Å². The van der Waals surface area contributed by atoms with Gasteiger partial charge in [-0.3, -0.25) is 19.5 Å². The largest absolute Gasteiger partial charge is 0.511 e. The molecule has 1 saturated heterocycles. The van der Waals surface area contributed by atoms with Crippen molar-refractivity contribution in [1.29, 1.82) is 0 Å². The summed E-state index contributed by atoms with van der Waals surface area (Å²) in [6.07, 6.45) is 7.49. The zero-order valence-corrected chi connectivity index (χ0v) is 24.5. The molecule has 2 fully saturated rings. The van der Waals surface area contributed by atoms with E-state index in [9.17, 15) is 24.4 Å². The van der Waals surface area contributed by atoms with Gasteiger partial charge in [-0.2, -0.15) is 0 Å². The number of nitrogens with one attached hydrogen (secondary N) is 1. The van der Waals surface area contributed by atoms with Crippen LogP contribution in [-0.4, -0.2) is 79.8 Å². The van der Waals surface area contributed by atoms with E-state index in [1.165, 1.54) is 29.0 Å². The molecule has 14 nitrogen and oxygen atoms in total. The number of pyridine rings is 1. The lowest BCUT2D eigenvalue weighted by atomic mass is 9.86. The number of thiazole rings is 1. The first kappa shape index (κ1) is 30.0. The Morgan fingerprint density at radius 2 is 2.12 bits per heavy atom. The summed E-state index contributed by atoms with van der Waals surface area (Å²) in [4.78, 5) is 60.9. The maximum Gasteiger partial charge on any atom is 0.511 e. The third kappa shape index (κ3) is 6.80. The molecule has 2 aromatic rings. The Morgan fingerprint density at radius 1 is 1.30 bits per heavy atom. The van der Waals surface area contributed by atoms with Crippen molar-refractivity contribution in [3.8, 4) is 0 Å². The highest BCUT2D eigenvalue weighted by molar-refractivity contribution is 8.00. The fraction of sp³-hybridized carbons (Fsp3) is 0.370.